The molecule has 398 valence electrons. The van der Waals surface area contributed by atoms with Gasteiger partial charge in [0.15, 0.2) is 0 Å². The SMILES string of the molecule is C=CC.C=CC.Cc1ccccc1N(c1ccc(C2(C)C=c3c(n(-c4ccccc4)c4ccccc34)=CC2)cc1)c1ccnc2cc(-n3c4ccccc4c4cc(C5=Cc6c(n(-c7ccccc7)c7ccccc67)CC5)ccc43)ccc12. The van der Waals surface area contributed by atoms with Crippen LogP contribution in [0, 0.1) is 6.92 Å². The van der Waals surface area contributed by atoms with Gasteiger partial charge in [0.25, 0.3) is 0 Å². The van der Waals surface area contributed by atoms with Crippen LogP contribution in [0.4, 0.5) is 17.1 Å². The van der Waals surface area contributed by atoms with Crippen LogP contribution in [0.5, 0.6) is 0 Å². The molecule has 9 aromatic carbocycles. The number of nitrogens with zero attached hydrogens (tertiary/aromatic N) is 5. The Kier molecular flexibility index (Phi) is 13.5. The summed E-state index contributed by atoms with van der Waals surface area (Å²) in [5, 5.41) is 8.72. The van der Waals surface area contributed by atoms with Gasteiger partial charge in [0.1, 0.15) is 0 Å². The van der Waals surface area contributed by atoms with Gasteiger partial charge in [-0.25, -0.2) is 0 Å². The molecule has 0 radical (unpaired) electrons. The van der Waals surface area contributed by atoms with Crippen LogP contribution in [0.3, 0.4) is 0 Å². The van der Waals surface area contributed by atoms with E-state index < -0.39 is 0 Å². The monoisotopic (exact) mass is 1060 g/mol. The number of para-hydroxylation sites is 6. The van der Waals surface area contributed by atoms with Crippen molar-refractivity contribution in [1.82, 2.24) is 18.7 Å². The highest BCUT2D eigenvalue weighted by Crippen LogP contribution is 2.44. The molecule has 1 atom stereocenters. The van der Waals surface area contributed by atoms with E-state index in [1.165, 1.54) is 99.1 Å². The third-order valence-corrected chi connectivity index (χ3v) is 16.5. The lowest BCUT2D eigenvalue weighted by molar-refractivity contribution is 0.652. The third kappa shape index (κ3) is 8.86. The van der Waals surface area contributed by atoms with Gasteiger partial charge >= 0.3 is 0 Å². The summed E-state index contributed by atoms with van der Waals surface area (Å²) < 4.78 is 7.30. The summed E-state index contributed by atoms with van der Waals surface area (Å²) in [6, 6.07) is 82.1. The first-order valence-corrected chi connectivity index (χ1v) is 28.6. The zero-order valence-corrected chi connectivity index (χ0v) is 47.1. The normalized spacial score (nSPS) is 14.4. The van der Waals surface area contributed by atoms with Gasteiger partial charge in [-0.05, 0) is 165 Å². The van der Waals surface area contributed by atoms with E-state index in [4.69, 9.17) is 4.98 Å². The topological polar surface area (TPSA) is 30.9 Å². The van der Waals surface area contributed by atoms with Crippen LogP contribution >= 0.6 is 0 Å². The Morgan fingerprint density at radius 3 is 1.82 bits per heavy atom. The van der Waals surface area contributed by atoms with E-state index in [0.717, 1.165) is 52.9 Å². The highest BCUT2D eigenvalue weighted by molar-refractivity contribution is 6.11. The van der Waals surface area contributed by atoms with Crippen molar-refractivity contribution in [3.05, 3.63) is 294 Å². The van der Waals surface area contributed by atoms with Crippen molar-refractivity contribution in [3.63, 3.8) is 0 Å². The van der Waals surface area contributed by atoms with Crippen molar-refractivity contribution in [2.45, 2.75) is 52.4 Å². The quantitative estimate of drug-likeness (QED) is 0.142. The number of rotatable bonds is 8. The van der Waals surface area contributed by atoms with Crippen LogP contribution in [0.15, 0.2) is 256 Å². The minimum absolute atomic E-state index is 0.193. The Labute approximate surface area is 480 Å². The van der Waals surface area contributed by atoms with E-state index in [1.807, 2.05) is 20.0 Å². The fraction of sp³-hybridized carbons (Fsp3) is 0.104. The van der Waals surface area contributed by atoms with Gasteiger partial charge < -0.3 is 18.6 Å². The molecule has 4 heterocycles. The van der Waals surface area contributed by atoms with Gasteiger partial charge in [-0.3, -0.25) is 4.98 Å². The highest BCUT2D eigenvalue weighted by Gasteiger charge is 2.29. The molecular weight excluding hydrogens is 995 g/mol. The first kappa shape index (κ1) is 51.5. The van der Waals surface area contributed by atoms with E-state index in [9.17, 15) is 0 Å². The molecule has 0 spiro atoms. The summed E-state index contributed by atoms with van der Waals surface area (Å²) in [5.41, 5.74) is 20.3. The summed E-state index contributed by atoms with van der Waals surface area (Å²) in [5.74, 6) is 0. The number of hydrogen-bond donors (Lipinski definition) is 0. The molecule has 0 amide bonds. The molecular formula is C77H65N5. The van der Waals surface area contributed by atoms with E-state index in [0.29, 0.717) is 0 Å². The number of aryl methyl sites for hydroxylation is 1. The molecule has 13 aromatic rings. The van der Waals surface area contributed by atoms with Crippen LogP contribution in [-0.4, -0.2) is 18.7 Å². The molecule has 0 saturated heterocycles. The van der Waals surface area contributed by atoms with Crippen molar-refractivity contribution in [3.8, 4) is 17.1 Å². The van der Waals surface area contributed by atoms with Crippen LogP contribution in [-0.2, 0) is 11.8 Å². The Balaban J connectivity index is 0.00000101. The zero-order chi connectivity index (χ0) is 55.9. The second kappa shape index (κ2) is 21.6. The second-order valence-electron chi connectivity index (χ2n) is 21.8. The summed E-state index contributed by atoms with van der Waals surface area (Å²) in [7, 11) is 0. The highest BCUT2D eigenvalue weighted by atomic mass is 15.1. The maximum absolute atomic E-state index is 5.09. The molecule has 82 heavy (non-hydrogen) atoms. The minimum atomic E-state index is -0.193. The molecule has 1 unspecified atom stereocenters. The maximum atomic E-state index is 5.09. The first-order valence-electron chi connectivity index (χ1n) is 28.6. The summed E-state index contributed by atoms with van der Waals surface area (Å²) >= 11 is 0. The summed E-state index contributed by atoms with van der Waals surface area (Å²) in [6.45, 7) is 15.1. The summed E-state index contributed by atoms with van der Waals surface area (Å²) in [4.78, 5) is 7.50. The third-order valence-electron chi connectivity index (χ3n) is 16.5. The summed E-state index contributed by atoms with van der Waals surface area (Å²) in [6.07, 6.45) is 15.7. The van der Waals surface area contributed by atoms with Crippen LogP contribution in [0.2, 0.25) is 0 Å². The number of aromatic nitrogens is 4. The molecule has 0 bridgehead atoms. The number of pyridine rings is 1. The van der Waals surface area contributed by atoms with Crippen molar-refractivity contribution in [2.24, 2.45) is 0 Å². The molecule has 0 aliphatic heterocycles. The predicted octanol–water partition coefficient (Wildman–Crippen LogP) is 18.8. The standard InChI is InChI=1S/C71H53N5.2C3H6/c1-47-17-9-13-25-63(47)73(53-33-31-50(32-34-53)71(2)41-39-69-61(46-71)57-24-12-16-28-66(57)75(69)52-20-7-4-8-21-52)70-40-42-72-62-45-54(35-36-58(62)70)76-65-27-15-11-23-56(65)60-44-49(30-38-68(60)76)48-29-37-67-59(43-48)55-22-10-14-26-64(55)74(67)51-18-5-3-6-19-51;2*1-3-2/h3-28,30-36,38-40,42-46H,29,37,41H2,1-2H3;2*3H,1H2,2H3. The van der Waals surface area contributed by atoms with Gasteiger partial charge in [-0.15, -0.1) is 13.2 Å². The number of fused-ring (bicyclic) bond motifs is 10. The molecule has 2 aliphatic rings. The van der Waals surface area contributed by atoms with Gasteiger partial charge in [-0.2, -0.15) is 0 Å². The van der Waals surface area contributed by atoms with Crippen molar-refractivity contribution >= 4 is 95.4 Å². The van der Waals surface area contributed by atoms with Crippen LogP contribution < -0.4 is 15.5 Å². The van der Waals surface area contributed by atoms with Gasteiger partial charge in [0.05, 0.1) is 33.3 Å². The zero-order valence-electron chi connectivity index (χ0n) is 47.1. The maximum Gasteiger partial charge on any atom is 0.0743 e. The number of allylic oxidation sites excluding steroid dienone is 3. The lowest BCUT2D eigenvalue weighted by atomic mass is 9.77. The van der Waals surface area contributed by atoms with Crippen LogP contribution in [0.1, 0.15) is 61.6 Å². The van der Waals surface area contributed by atoms with Crippen molar-refractivity contribution in [2.75, 3.05) is 4.90 Å². The van der Waals surface area contributed by atoms with Crippen molar-refractivity contribution < 1.29 is 0 Å². The van der Waals surface area contributed by atoms with Crippen LogP contribution in [0.25, 0.3) is 95.4 Å². The fourth-order valence-electron chi connectivity index (χ4n) is 12.8. The predicted molar refractivity (Wildman–Crippen MR) is 350 cm³/mol. The lowest BCUT2D eigenvalue weighted by Crippen LogP contribution is -2.36. The van der Waals surface area contributed by atoms with E-state index in [-0.39, 0.29) is 5.41 Å². The van der Waals surface area contributed by atoms with Gasteiger partial charge in [0.2, 0.25) is 0 Å². The minimum Gasteiger partial charge on any atom is -0.313 e. The number of hydrogen-bond acceptors (Lipinski definition) is 2. The lowest BCUT2D eigenvalue weighted by Gasteiger charge is -2.30. The molecule has 0 fully saturated rings. The van der Waals surface area contributed by atoms with Gasteiger partial charge in [0, 0.05) is 88.8 Å². The molecule has 0 N–H and O–H groups in total. The molecule has 4 aromatic heterocycles. The molecule has 5 heteroatoms. The van der Waals surface area contributed by atoms with E-state index in [2.05, 4.69) is 288 Å². The average molecular weight is 1060 g/mol. The largest absolute Gasteiger partial charge is 0.313 e. The smallest absolute Gasteiger partial charge is 0.0743 e. The fourth-order valence-corrected chi connectivity index (χ4v) is 12.8. The molecule has 0 saturated carbocycles. The molecule has 2 aliphatic carbocycles. The van der Waals surface area contributed by atoms with E-state index in [1.54, 1.807) is 12.2 Å². The number of benzene rings is 9. The Hall–Kier alpha value is -9.97. The second-order valence-corrected chi connectivity index (χ2v) is 21.8. The molecule has 15 rings (SSSR count). The van der Waals surface area contributed by atoms with Gasteiger partial charge in [-0.1, -0.05) is 159 Å². The first-order chi connectivity index (χ1) is 40.3. The van der Waals surface area contributed by atoms with Crippen molar-refractivity contribution in [1.29, 1.82) is 0 Å². The molecule has 5 nitrogen and oxygen atoms in total. The average Bonchev–Trinajstić information content (AvgIpc) is 4.36. The number of anilines is 3. The Morgan fingerprint density at radius 1 is 0.512 bits per heavy atom. The Bertz CT molecular complexity index is 4740. The van der Waals surface area contributed by atoms with E-state index >= 15 is 0 Å². The Morgan fingerprint density at radius 2 is 1.11 bits per heavy atom.